The number of likely N-dealkylation sites (N-methyl/N-ethyl adjacent to an activating group) is 1. The van der Waals surface area contributed by atoms with Gasteiger partial charge < -0.3 is 5.32 Å². The molecule has 0 spiro atoms. The lowest BCUT2D eigenvalue weighted by atomic mass is 10.2. The summed E-state index contributed by atoms with van der Waals surface area (Å²) in [6.45, 7) is 10.6. The lowest BCUT2D eigenvalue weighted by Crippen LogP contribution is -2.29. The largest absolute Gasteiger partial charge is 0.314 e. The summed E-state index contributed by atoms with van der Waals surface area (Å²) >= 11 is 0. The Morgan fingerprint density at radius 2 is 2.13 bits per heavy atom. The van der Waals surface area contributed by atoms with Gasteiger partial charge in [0.1, 0.15) is 12.2 Å². The Hall–Kier alpha value is -0.900. The van der Waals surface area contributed by atoms with Crippen molar-refractivity contribution in [2.45, 2.75) is 46.7 Å². The van der Waals surface area contributed by atoms with Gasteiger partial charge in [-0.1, -0.05) is 20.8 Å². The lowest BCUT2D eigenvalue weighted by molar-refractivity contribution is 0.450. The van der Waals surface area contributed by atoms with E-state index in [0.29, 0.717) is 12.0 Å². The van der Waals surface area contributed by atoms with Gasteiger partial charge in [-0.2, -0.15) is 5.10 Å². The highest BCUT2D eigenvalue weighted by Crippen LogP contribution is 2.03. The minimum Gasteiger partial charge on any atom is -0.314 e. The molecule has 1 N–H and O–H groups in total. The molecule has 1 rings (SSSR count). The second-order valence-corrected chi connectivity index (χ2v) is 4.42. The second kappa shape index (κ2) is 5.85. The van der Waals surface area contributed by atoms with Crippen molar-refractivity contribution >= 4 is 0 Å². The van der Waals surface area contributed by atoms with Crippen molar-refractivity contribution in [2.75, 3.05) is 6.54 Å². The van der Waals surface area contributed by atoms with Gasteiger partial charge in [-0.3, -0.25) is 0 Å². The Morgan fingerprint density at radius 3 is 2.73 bits per heavy atom. The summed E-state index contributed by atoms with van der Waals surface area (Å²) in [5, 5.41) is 7.63. The van der Waals surface area contributed by atoms with Gasteiger partial charge in [0.15, 0.2) is 0 Å². The second-order valence-electron chi connectivity index (χ2n) is 4.42. The Bertz CT molecular complexity index is 280. The number of nitrogens with zero attached hydrogens (tertiary/aromatic N) is 3. The molecule has 4 heteroatoms. The molecule has 0 aliphatic rings. The predicted molar refractivity (Wildman–Crippen MR) is 61.7 cm³/mol. The molecule has 0 aliphatic carbocycles. The summed E-state index contributed by atoms with van der Waals surface area (Å²) in [4.78, 5) is 4.30. The maximum Gasteiger partial charge on any atom is 0.138 e. The van der Waals surface area contributed by atoms with Gasteiger partial charge in [0.05, 0.1) is 0 Å². The first kappa shape index (κ1) is 12.2. The van der Waals surface area contributed by atoms with E-state index in [1.54, 1.807) is 6.33 Å². The molecule has 0 saturated carbocycles. The van der Waals surface area contributed by atoms with Crippen LogP contribution >= 0.6 is 0 Å². The monoisotopic (exact) mass is 210 g/mol. The highest BCUT2D eigenvalue weighted by atomic mass is 15.3. The van der Waals surface area contributed by atoms with Gasteiger partial charge in [0.25, 0.3) is 0 Å². The van der Waals surface area contributed by atoms with E-state index in [-0.39, 0.29) is 0 Å². The molecule has 15 heavy (non-hydrogen) atoms. The van der Waals surface area contributed by atoms with E-state index in [0.717, 1.165) is 25.3 Å². The molecular formula is C11H22N4. The molecule has 0 amide bonds. The van der Waals surface area contributed by atoms with E-state index in [2.05, 4.69) is 43.1 Å². The highest BCUT2D eigenvalue weighted by molar-refractivity contribution is 4.88. The molecule has 0 fully saturated rings. The maximum atomic E-state index is 4.30. The van der Waals surface area contributed by atoms with E-state index in [9.17, 15) is 0 Å². The van der Waals surface area contributed by atoms with Gasteiger partial charge in [-0.05, 0) is 19.4 Å². The minimum atomic E-state index is 0.463. The first-order valence-corrected chi connectivity index (χ1v) is 5.73. The molecule has 4 nitrogen and oxygen atoms in total. The predicted octanol–water partition coefficient (Wildman–Crippen LogP) is 1.47. The average molecular weight is 210 g/mol. The third kappa shape index (κ3) is 4.00. The molecular weight excluding hydrogens is 188 g/mol. The lowest BCUT2D eigenvalue weighted by Gasteiger charge is -2.13. The van der Waals surface area contributed by atoms with Crippen LogP contribution < -0.4 is 5.32 Å². The SMILES string of the molecule is CCNC(C)Cc1ncnn1CC(C)C. The van der Waals surface area contributed by atoms with Crippen LogP contribution in [0.5, 0.6) is 0 Å². The topological polar surface area (TPSA) is 42.7 Å². The maximum absolute atomic E-state index is 4.30. The minimum absolute atomic E-state index is 0.463. The van der Waals surface area contributed by atoms with Crippen molar-refractivity contribution < 1.29 is 0 Å². The summed E-state index contributed by atoms with van der Waals surface area (Å²) in [7, 11) is 0. The number of nitrogens with one attached hydrogen (secondary N) is 1. The van der Waals surface area contributed by atoms with Crippen LogP contribution in [0.4, 0.5) is 0 Å². The van der Waals surface area contributed by atoms with E-state index in [1.807, 2.05) is 4.68 Å². The molecule has 1 aromatic rings. The zero-order chi connectivity index (χ0) is 11.3. The quantitative estimate of drug-likeness (QED) is 0.773. The van der Waals surface area contributed by atoms with Crippen molar-refractivity contribution in [3.63, 3.8) is 0 Å². The van der Waals surface area contributed by atoms with Crippen LogP contribution in [0.1, 0.15) is 33.5 Å². The molecule has 0 bridgehead atoms. The molecule has 1 atom stereocenters. The molecule has 86 valence electrons. The van der Waals surface area contributed by atoms with Crippen molar-refractivity contribution in [1.29, 1.82) is 0 Å². The molecule has 1 aromatic heterocycles. The van der Waals surface area contributed by atoms with Gasteiger partial charge in [0, 0.05) is 19.0 Å². The van der Waals surface area contributed by atoms with Crippen LogP contribution in [-0.2, 0) is 13.0 Å². The Morgan fingerprint density at radius 1 is 1.40 bits per heavy atom. The normalized spacial score (nSPS) is 13.4. The first-order valence-electron chi connectivity index (χ1n) is 5.73. The summed E-state index contributed by atoms with van der Waals surface area (Å²) in [5.41, 5.74) is 0. The fourth-order valence-electron chi connectivity index (χ4n) is 1.64. The van der Waals surface area contributed by atoms with Crippen LogP contribution in [0.15, 0.2) is 6.33 Å². The number of hydrogen-bond donors (Lipinski definition) is 1. The molecule has 1 heterocycles. The van der Waals surface area contributed by atoms with Gasteiger partial charge >= 0.3 is 0 Å². The summed E-state index contributed by atoms with van der Waals surface area (Å²) in [6.07, 6.45) is 2.59. The summed E-state index contributed by atoms with van der Waals surface area (Å²) in [5.74, 6) is 1.69. The molecule has 0 saturated heterocycles. The Balaban J connectivity index is 2.56. The fourth-order valence-corrected chi connectivity index (χ4v) is 1.64. The smallest absolute Gasteiger partial charge is 0.138 e. The van der Waals surface area contributed by atoms with Gasteiger partial charge in [-0.25, -0.2) is 9.67 Å². The number of hydrogen-bond acceptors (Lipinski definition) is 3. The zero-order valence-electron chi connectivity index (χ0n) is 10.2. The Kier molecular flexibility index (Phi) is 4.75. The van der Waals surface area contributed by atoms with Crippen molar-refractivity contribution in [3.8, 4) is 0 Å². The third-order valence-corrected chi connectivity index (χ3v) is 2.28. The fraction of sp³-hybridized carbons (Fsp3) is 0.818. The average Bonchev–Trinajstić information content (AvgIpc) is 2.52. The van der Waals surface area contributed by atoms with Crippen LogP contribution in [0.25, 0.3) is 0 Å². The first-order chi connectivity index (χ1) is 7.13. The van der Waals surface area contributed by atoms with E-state index in [1.165, 1.54) is 0 Å². The molecule has 1 unspecified atom stereocenters. The Labute approximate surface area is 92.1 Å². The van der Waals surface area contributed by atoms with Crippen LogP contribution in [-0.4, -0.2) is 27.4 Å². The van der Waals surface area contributed by atoms with Crippen LogP contribution in [0.3, 0.4) is 0 Å². The molecule has 0 radical (unpaired) electrons. The van der Waals surface area contributed by atoms with Crippen molar-refractivity contribution in [1.82, 2.24) is 20.1 Å². The summed E-state index contributed by atoms with van der Waals surface area (Å²) < 4.78 is 2.01. The summed E-state index contributed by atoms with van der Waals surface area (Å²) in [6, 6.07) is 0.463. The van der Waals surface area contributed by atoms with E-state index >= 15 is 0 Å². The molecule has 0 aromatic carbocycles. The van der Waals surface area contributed by atoms with Crippen LogP contribution in [0, 0.1) is 5.92 Å². The highest BCUT2D eigenvalue weighted by Gasteiger charge is 2.09. The number of aromatic nitrogens is 3. The van der Waals surface area contributed by atoms with Crippen molar-refractivity contribution in [2.24, 2.45) is 5.92 Å². The van der Waals surface area contributed by atoms with Gasteiger partial charge in [-0.15, -0.1) is 0 Å². The number of rotatable bonds is 6. The standard InChI is InChI=1S/C11H22N4/c1-5-12-10(4)6-11-13-8-14-15(11)7-9(2)3/h8-10,12H,5-7H2,1-4H3. The third-order valence-electron chi connectivity index (χ3n) is 2.28. The zero-order valence-corrected chi connectivity index (χ0v) is 10.2. The van der Waals surface area contributed by atoms with Gasteiger partial charge in [0.2, 0.25) is 0 Å². The van der Waals surface area contributed by atoms with E-state index < -0.39 is 0 Å². The van der Waals surface area contributed by atoms with Crippen molar-refractivity contribution in [3.05, 3.63) is 12.2 Å². The van der Waals surface area contributed by atoms with Crippen LogP contribution in [0.2, 0.25) is 0 Å². The molecule has 0 aliphatic heterocycles. The van der Waals surface area contributed by atoms with E-state index in [4.69, 9.17) is 0 Å².